The highest BCUT2D eigenvalue weighted by Gasteiger charge is 2.29. The lowest BCUT2D eigenvalue weighted by molar-refractivity contribution is 0.347. The quantitative estimate of drug-likeness (QED) is 0.833. The molecular weight excluding hydrogens is 266 g/mol. The molecule has 7 nitrogen and oxygen atoms in total. The topological polar surface area (TPSA) is 84.5 Å². The van der Waals surface area contributed by atoms with Gasteiger partial charge in [0.25, 0.3) is 0 Å². The summed E-state index contributed by atoms with van der Waals surface area (Å²) in [4.78, 5) is 2.26. The lowest BCUT2D eigenvalue weighted by Crippen LogP contribution is -2.34. The largest absolute Gasteiger partial charge is 0.381 e. The number of hydrogen-bond donors (Lipinski definition) is 1. The van der Waals surface area contributed by atoms with Crippen molar-refractivity contribution < 1.29 is 8.42 Å². The van der Waals surface area contributed by atoms with Crippen molar-refractivity contribution in [3.63, 3.8) is 0 Å². The molecule has 1 saturated heterocycles. The molecule has 2 heterocycles. The predicted octanol–water partition coefficient (Wildman–Crippen LogP) is -0.189. The molecule has 2 N–H and O–H groups in total. The van der Waals surface area contributed by atoms with Gasteiger partial charge in [-0.05, 0) is 26.9 Å². The fourth-order valence-electron chi connectivity index (χ4n) is 2.18. The van der Waals surface area contributed by atoms with Gasteiger partial charge in [0.15, 0.2) is 5.82 Å². The standard InChI is InChI=1S/C11H21N5O2S/c1-3-15-9-10(11(12)13-15)19(17,18)16-6-4-5-14(2)7-8-16/h9H,3-8H2,1-2H3,(H2,12,13). The molecule has 0 aromatic carbocycles. The van der Waals surface area contributed by atoms with Crippen LogP contribution < -0.4 is 5.73 Å². The molecule has 1 aliphatic heterocycles. The zero-order valence-corrected chi connectivity index (χ0v) is 12.2. The summed E-state index contributed by atoms with van der Waals surface area (Å²) in [6.07, 6.45) is 2.34. The first-order valence-electron chi connectivity index (χ1n) is 6.46. The van der Waals surface area contributed by atoms with E-state index in [1.165, 1.54) is 10.5 Å². The van der Waals surface area contributed by atoms with Gasteiger partial charge >= 0.3 is 0 Å². The Morgan fingerprint density at radius 2 is 2.05 bits per heavy atom. The maximum Gasteiger partial charge on any atom is 0.248 e. The Balaban J connectivity index is 2.28. The summed E-state index contributed by atoms with van der Waals surface area (Å²) in [6, 6.07) is 0. The molecule has 0 aliphatic carbocycles. The van der Waals surface area contributed by atoms with Crippen LogP contribution in [0.3, 0.4) is 0 Å². The van der Waals surface area contributed by atoms with Crippen LogP contribution in [0.5, 0.6) is 0 Å². The summed E-state index contributed by atoms with van der Waals surface area (Å²) < 4.78 is 28.2. The van der Waals surface area contributed by atoms with Crippen molar-refractivity contribution in [2.75, 3.05) is 39.0 Å². The molecule has 0 amide bonds. The van der Waals surface area contributed by atoms with Crippen molar-refractivity contribution in [1.82, 2.24) is 19.0 Å². The fourth-order valence-corrected chi connectivity index (χ4v) is 3.71. The summed E-state index contributed by atoms with van der Waals surface area (Å²) in [6.45, 7) is 5.17. The van der Waals surface area contributed by atoms with E-state index >= 15 is 0 Å². The second-order valence-corrected chi connectivity index (χ2v) is 6.70. The Hall–Kier alpha value is -1.12. The van der Waals surface area contributed by atoms with Crippen LogP contribution in [0.2, 0.25) is 0 Å². The lowest BCUT2D eigenvalue weighted by atomic mass is 10.4. The number of likely N-dealkylation sites (N-methyl/N-ethyl adjacent to an activating group) is 1. The van der Waals surface area contributed by atoms with E-state index < -0.39 is 10.0 Å². The van der Waals surface area contributed by atoms with E-state index in [4.69, 9.17) is 5.73 Å². The average molecular weight is 287 g/mol. The lowest BCUT2D eigenvalue weighted by Gasteiger charge is -2.19. The zero-order valence-electron chi connectivity index (χ0n) is 11.4. The SMILES string of the molecule is CCn1cc(S(=O)(=O)N2CCCN(C)CC2)c(N)n1. The van der Waals surface area contributed by atoms with E-state index in [-0.39, 0.29) is 10.7 Å². The third kappa shape index (κ3) is 2.90. The van der Waals surface area contributed by atoms with Crippen molar-refractivity contribution in [3.8, 4) is 0 Å². The van der Waals surface area contributed by atoms with E-state index in [1.54, 1.807) is 4.68 Å². The molecule has 1 fully saturated rings. The average Bonchev–Trinajstić information content (AvgIpc) is 2.60. The summed E-state index contributed by atoms with van der Waals surface area (Å²) in [5.74, 6) is 0.0828. The molecule has 1 aromatic heterocycles. The number of sulfonamides is 1. The number of nitrogens with two attached hydrogens (primary N) is 1. The van der Waals surface area contributed by atoms with Crippen molar-refractivity contribution >= 4 is 15.8 Å². The number of rotatable bonds is 3. The van der Waals surface area contributed by atoms with Crippen molar-refractivity contribution in [2.24, 2.45) is 0 Å². The van der Waals surface area contributed by atoms with Gasteiger partial charge in [0, 0.05) is 32.4 Å². The smallest absolute Gasteiger partial charge is 0.248 e. The summed E-state index contributed by atoms with van der Waals surface area (Å²) in [5.41, 5.74) is 5.73. The van der Waals surface area contributed by atoms with Gasteiger partial charge in [-0.25, -0.2) is 8.42 Å². The molecule has 0 atom stereocenters. The van der Waals surface area contributed by atoms with Gasteiger partial charge < -0.3 is 10.6 Å². The van der Waals surface area contributed by atoms with Crippen molar-refractivity contribution in [1.29, 1.82) is 0 Å². The molecule has 1 aliphatic rings. The van der Waals surface area contributed by atoms with Crippen molar-refractivity contribution in [2.45, 2.75) is 24.8 Å². The zero-order chi connectivity index (χ0) is 14.0. The van der Waals surface area contributed by atoms with Crippen LogP contribution in [-0.4, -0.2) is 60.6 Å². The molecule has 0 radical (unpaired) electrons. The second kappa shape index (κ2) is 5.48. The number of aromatic nitrogens is 2. The number of anilines is 1. The van der Waals surface area contributed by atoms with Crippen LogP contribution in [0.1, 0.15) is 13.3 Å². The summed E-state index contributed by atoms with van der Waals surface area (Å²) >= 11 is 0. The highest BCUT2D eigenvalue weighted by Crippen LogP contribution is 2.22. The van der Waals surface area contributed by atoms with E-state index in [0.717, 1.165) is 19.5 Å². The summed E-state index contributed by atoms with van der Waals surface area (Å²) in [7, 11) is -1.53. The second-order valence-electron chi connectivity index (χ2n) is 4.80. The first-order chi connectivity index (χ1) is 8.95. The molecule has 8 heteroatoms. The minimum absolute atomic E-state index is 0.0828. The fraction of sp³-hybridized carbons (Fsp3) is 0.727. The molecule has 0 spiro atoms. The molecule has 0 bridgehead atoms. The van der Waals surface area contributed by atoms with Crippen LogP contribution in [0.4, 0.5) is 5.82 Å². The molecule has 19 heavy (non-hydrogen) atoms. The number of hydrogen-bond acceptors (Lipinski definition) is 5. The van der Waals surface area contributed by atoms with Gasteiger partial charge in [0.05, 0.1) is 0 Å². The van der Waals surface area contributed by atoms with Gasteiger partial charge in [-0.1, -0.05) is 0 Å². The first-order valence-corrected chi connectivity index (χ1v) is 7.90. The van der Waals surface area contributed by atoms with Gasteiger partial charge in [0.1, 0.15) is 4.90 Å². The first kappa shape index (κ1) is 14.3. The maximum atomic E-state index is 12.6. The Kier molecular flexibility index (Phi) is 4.12. The molecular formula is C11H21N5O2S. The van der Waals surface area contributed by atoms with E-state index in [1.807, 2.05) is 14.0 Å². The summed E-state index contributed by atoms with van der Waals surface area (Å²) in [5, 5.41) is 4.01. The Morgan fingerprint density at radius 3 is 2.68 bits per heavy atom. The molecule has 0 unspecified atom stereocenters. The van der Waals surface area contributed by atoms with Crippen LogP contribution in [0, 0.1) is 0 Å². The number of nitrogens with zero attached hydrogens (tertiary/aromatic N) is 4. The van der Waals surface area contributed by atoms with Gasteiger partial charge in [0.2, 0.25) is 10.0 Å². The monoisotopic (exact) mass is 287 g/mol. The van der Waals surface area contributed by atoms with E-state index in [9.17, 15) is 8.42 Å². The third-order valence-corrected chi connectivity index (χ3v) is 5.29. The normalized spacial score (nSPS) is 19.5. The van der Waals surface area contributed by atoms with Gasteiger partial charge in [-0.2, -0.15) is 9.40 Å². The predicted molar refractivity (Wildman–Crippen MR) is 73.2 cm³/mol. The van der Waals surface area contributed by atoms with Crippen molar-refractivity contribution in [3.05, 3.63) is 6.20 Å². The Labute approximate surface area is 114 Å². The Bertz CT molecular complexity index is 539. The van der Waals surface area contributed by atoms with Crippen LogP contribution in [0.25, 0.3) is 0 Å². The molecule has 2 rings (SSSR count). The minimum atomic E-state index is -3.53. The minimum Gasteiger partial charge on any atom is -0.381 e. The van der Waals surface area contributed by atoms with Crippen LogP contribution >= 0.6 is 0 Å². The highest BCUT2D eigenvalue weighted by atomic mass is 32.2. The number of aryl methyl sites for hydroxylation is 1. The maximum absolute atomic E-state index is 12.6. The van der Waals surface area contributed by atoms with Gasteiger partial charge in [-0.3, -0.25) is 4.68 Å². The number of nitrogen functional groups attached to an aromatic ring is 1. The molecule has 108 valence electrons. The Morgan fingerprint density at radius 1 is 1.32 bits per heavy atom. The van der Waals surface area contributed by atoms with Crippen LogP contribution in [0.15, 0.2) is 11.1 Å². The van der Waals surface area contributed by atoms with Gasteiger partial charge in [-0.15, -0.1) is 0 Å². The third-order valence-electron chi connectivity index (χ3n) is 3.38. The van der Waals surface area contributed by atoms with E-state index in [0.29, 0.717) is 19.6 Å². The van der Waals surface area contributed by atoms with E-state index in [2.05, 4.69) is 10.00 Å². The highest BCUT2D eigenvalue weighted by molar-refractivity contribution is 7.89. The molecule has 1 aromatic rings. The van der Waals surface area contributed by atoms with Crippen LogP contribution in [-0.2, 0) is 16.6 Å². The molecule has 0 saturated carbocycles.